The summed E-state index contributed by atoms with van der Waals surface area (Å²) in [5.41, 5.74) is 1.79. The van der Waals surface area contributed by atoms with E-state index >= 15 is 0 Å². The van der Waals surface area contributed by atoms with E-state index in [4.69, 9.17) is 23.8 Å². The summed E-state index contributed by atoms with van der Waals surface area (Å²) < 4.78 is 16.5. The van der Waals surface area contributed by atoms with Crippen LogP contribution in [0.5, 0.6) is 0 Å². The average molecular weight is 313 g/mol. The maximum atomic E-state index is 13.8. The predicted octanol–water partition coefficient (Wildman–Crippen LogP) is 5.63. The lowest BCUT2D eigenvalue weighted by Gasteiger charge is -2.39. The van der Waals surface area contributed by atoms with E-state index < -0.39 is 5.82 Å². The fourth-order valence-electron chi connectivity index (χ4n) is 3.38. The van der Waals surface area contributed by atoms with Gasteiger partial charge in [0.15, 0.2) is 4.77 Å². The van der Waals surface area contributed by atoms with Crippen LogP contribution in [-0.4, -0.2) is 9.55 Å². The predicted molar refractivity (Wildman–Crippen MR) is 83.4 cm³/mol. The minimum absolute atomic E-state index is 0.129. The second kappa shape index (κ2) is 4.85. The molecule has 0 aliphatic heterocycles. The smallest absolute Gasteiger partial charge is 0.178 e. The molecule has 1 atom stereocenters. The number of benzene rings is 1. The topological polar surface area (TPSA) is 20.7 Å². The normalized spacial score (nSPS) is 22.3. The van der Waals surface area contributed by atoms with Crippen LogP contribution in [-0.2, 0) is 0 Å². The number of hydrogen-bond donors (Lipinski definition) is 1. The standard InChI is InChI=1S/C15H18ClFN2S/c1-15(2)6-4-3-5-13(15)19-12-8-10(17)9(16)7-11(12)18-14(19)20/h7-8,13H,3-6H2,1-2H3,(H,18,20). The van der Waals surface area contributed by atoms with E-state index in [0.29, 0.717) is 10.8 Å². The van der Waals surface area contributed by atoms with Crippen molar-refractivity contribution in [2.24, 2.45) is 5.41 Å². The first-order chi connectivity index (χ1) is 9.40. The quantitative estimate of drug-likeness (QED) is 0.676. The lowest BCUT2D eigenvalue weighted by Crippen LogP contribution is -2.30. The van der Waals surface area contributed by atoms with Gasteiger partial charge in [-0.05, 0) is 36.5 Å². The number of imidazole rings is 1. The second-order valence-electron chi connectivity index (χ2n) is 6.33. The molecule has 1 aliphatic carbocycles. The molecule has 108 valence electrons. The number of H-pyrrole nitrogens is 1. The lowest BCUT2D eigenvalue weighted by atomic mass is 9.73. The fraction of sp³-hybridized carbons (Fsp3) is 0.533. The van der Waals surface area contributed by atoms with Crippen molar-refractivity contribution >= 4 is 34.9 Å². The van der Waals surface area contributed by atoms with Crippen molar-refractivity contribution in [2.45, 2.75) is 45.6 Å². The first-order valence-electron chi connectivity index (χ1n) is 6.99. The van der Waals surface area contributed by atoms with E-state index in [1.165, 1.54) is 25.3 Å². The zero-order chi connectivity index (χ0) is 14.5. The van der Waals surface area contributed by atoms with E-state index in [0.717, 1.165) is 17.5 Å². The SMILES string of the molecule is CC1(C)CCCCC1n1c(=S)[nH]c2cc(Cl)c(F)cc21. The van der Waals surface area contributed by atoms with Gasteiger partial charge in [-0.2, -0.15) is 0 Å². The van der Waals surface area contributed by atoms with Crippen molar-refractivity contribution in [3.8, 4) is 0 Å². The molecule has 2 aromatic rings. The Hall–Kier alpha value is -0.870. The molecule has 1 aromatic carbocycles. The molecule has 5 heteroatoms. The van der Waals surface area contributed by atoms with Gasteiger partial charge in [-0.1, -0.05) is 38.3 Å². The molecule has 20 heavy (non-hydrogen) atoms. The van der Waals surface area contributed by atoms with Gasteiger partial charge in [0.2, 0.25) is 0 Å². The Morgan fingerprint density at radius 1 is 1.40 bits per heavy atom. The summed E-state index contributed by atoms with van der Waals surface area (Å²) in [4.78, 5) is 3.16. The highest BCUT2D eigenvalue weighted by Crippen LogP contribution is 2.45. The number of rotatable bonds is 1. The Morgan fingerprint density at radius 3 is 2.85 bits per heavy atom. The molecule has 1 N–H and O–H groups in total. The maximum absolute atomic E-state index is 13.8. The summed E-state index contributed by atoms with van der Waals surface area (Å²) in [5, 5.41) is 0.129. The van der Waals surface area contributed by atoms with Crippen LogP contribution < -0.4 is 0 Å². The van der Waals surface area contributed by atoms with Crippen LogP contribution in [0.3, 0.4) is 0 Å². The van der Waals surface area contributed by atoms with Crippen molar-refractivity contribution in [1.29, 1.82) is 0 Å². The molecule has 1 aromatic heterocycles. The molecule has 1 fully saturated rings. The highest BCUT2D eigenvalue weighted by Gasteiger charge is 2.34. The summed E-state index contributed by atoms with van der Waals surface area (Å²) >= 11 is 11.3. The summed E-state index contributed by atoms with van der Waals surface area (Å²) in [7, 11) is 0. The molecule has 1 heterocycles. The fourth-order valence-corrected chi connectivity index (χ4v) is 3.88. The summed E-state index contributed by atoms with van der Waals surface area (Å²) in [5.74, 6) is -0.393. The molecule has 0 bridgehead atoms. The van der Waals surface area contributed by atoms with E-state index in [9.17, 15) is 4.39 Å². The lowest BCUT2D eigenvalue weighted by molar-refractivity contribution is 0.146. The number of hydrogen-bond acceptors (Lipinski definition) is 1. The first kappa shape index (κ1) is 14.1. The molecule has 1 unspecified atom stereocenters. The second-order valence-corrected chi connectivity index (χ2v) is 7.13. The van der Waals surface area contributed by atoms with Crippen molar-refractivity contribution in [1.82, 2.24) is 9.55 Å². The van der Waals surface area contributed by atoms with Gasteiger partial charge in [-0.15, -0.1) is 0 Å². The van der Waals surface area contributed by atoms with Gasteiger partial charge in [-0.25, -0.2) is 4.39 Å². The van der Waals surface area contributed by atoms with Gasteiger partial charge in [-0.3, -0.25) is 0 Å². The minimum atomic E-state index is -0.393. The zero-order valence-corrected chi connectivity index (χ0v) is 13.2. The van der Waals surface area contributed by atoms with Crippen molar-refractivity contribution in [3.63, 3.8) is 0 Å². The number of aromatic nitrogens is 2. The molecule has 0 spiro atoms. The Kier molecular flexibility index (Phi) is 3.41. The summed E-state index contributed by atoms with van der Waals surface area (Å²) in [6, 6.07) is 3.42. The van der Waals surface area contributed by atoms with Crippen LogP contribution in [0.25, 0.3) is 11.0 Å². The number of nitrogens with one attached hydrogen (secondary N) is 1. The number of nitrogens with zero attached hydrogens (tertiary/aromatic N) is 1. The molecular formula is C15H18ClFN2S. The molecular weight excluding hydrogens is 295 g/mol. The van der Waals surface area contributed by atoms with Crippen LogP contribution in [0.15, 0.2) is 12.1 Å². The van der Waals surface area contributed by atoms with Gasteiger partial charge in [0.25, 0.3) is 0 Å². The molecule has 0 radical (unpaired) electrons. The van der Waals surface area contributed by atoms with E-state index in [1.807, 2.05) is 0 Å². The van der Waals surface area contributed by atoms with Crippen LogP contribution >= 0.6 is 23.8 Å². The minimum Gasteiger partial charge on any atom is -0.331 e. The molecule has 1 aliphatic rings. The van der Waals surface area contributed by atoms with Crippen molar-refractivity contribution < 1.29 is 4.39 Å². The Balaban J connectivity index is 2.23. The Bertz CT molecular complexity index is 716. The number of aromatic amines is 1. The third kappa shape index (κ3) is 2.19. The maximum Gasteiger partial charge on any atom is 0.178 e. The van der Waals surface area contributed by atoms with E-state index in [2.05, 4.69) is 23.4 Å². The van der Waals surface area contributed by atoms with E-state index in [-0.39, 0.29) is 10.4 Å². The van der Waals surface area contributed by atoms with Crippen LogP contribution in [0.2, 0.25) is 5.02 Å². The molecule has 2 nitrogen and oxygen atoms in total. The highest BCUT2D eigenvalue weighted by atomic mass is 35.5. The monoisotopic (exact) mass is 312 g/mol. The first-order valence-corrected chi connectivity index (χ1v) is 7.78. The van der Waals surface area contributed by atoms with Gasteiger partial charge in [0.05, 0.1) is 16.1 Å². The van der Waals surface area contributed by atoms with Crippen LogP contribution in [0, 0.1) is 16.0 Å². The van der Waals surface area contributed by atoms with Gasteiger partial charge >= 0.3 is 0 Å². The summed E-state index contributed by atoms with van der Waals surface area (Å²) in [6.45, 7) is 4.54. The largest absolute Gasteiger partial charge is 0.331 e. The highest BCUT2D eigenvalue weighted by molar-refractivity contribution is 7.71. The van der Waals surface area contributed by atoms with Crippen molar-refractivity contribution in [2.75, 3.05) is 0 Å². The molecule has 0 amide bonds. The molecule has 3 rings (SSSR count). The number of fused-ring (bicyclic) bond motifs is 1. The van der Waals surface area contributed by atoms with Gasteiger partial charge < -0.3 is 9.55 Å². The third-order valence-electron chi connectivity index (χ3n) is 4.52. The van der Waals surface area contributed by atoms with E-state index in [1.54, 1.807) is 6.07 Å². The average Bonchev–Trinajstić information content (AvgIpc) is 2.65. The molecule has 0 saturated heterocycles. The van der Waals surface area contributed by atoms with Crippen LogP contribution in [0.1, 0.15) is 45.6 Å². The van der Waals surface area contributed by atoms with Gasteiger partial charge in [0, 0.05) is 12.1 Å². The Labute approximate surface area is 127 Å². The third-order valence-corrected chi connectivity index (χ3v) is 5.11. The van der Waals surface area contributed by atoms with Gasteiger partial charge in [0.1, 0.15) is 5.82 Å². The number of halogens is 2. The zero-order valence-electron chi connectivity index (χ0n) is 11.7. The Morgan fingerprint density at radius 2 is 2.15 bits per heavy atom. The van der Waals surface area contributed by atoms with Crippen molar-refractivity contribution in [3.05, 3.63) is 27.7 Å². The molecule has 1 saturated carbocycles. The van der Waals surface area contributed by atoms with Crippen LogP contribution in [0.4, 0.5) is 4.39 Å². The summed E-state index contributed by atoms with van der Waals surface area (Å²) in [6.07, 6.45) is 4.69.